The molecular weight excluding hydrogens is 462 g/mol. The molecule has 1 aliphatic carbocycles. The molecule has 186 valence electrons. The van der Waals surface area contributed by atoms with Crippen LogP contribution in [0, 0.1) is 11.8 Å². The van der Waals surface area contributed by atoms with Gasteiger partial charge in [0, 0.05) is 42.6 Å². The molecule has 0 bridgehead atoms. The standard InChI is InChI=1S/C30H29N5O2/c1-37-25-9-11-28-27(15-25)32-29(35(28)18-19-12-13-34(17-19)30(36)22-6-7-22)21-4-2-20(3-5-21)23-8-10-26-24(14-23)16-31-33-26/h2-5,8-11,14-16,19,22H,6-7,12-13,17-18H2,1H3,(H,31,33). The zero-order valence-electron chi connectivity index (χ0n) is 20.9. The predicted molar refractivity (Wildman–Crippen MR) is 144 cm³/mol. The molecule has 7 nitrogen and oxygen atoms in total. The third kappa shape index (κ3) is 4.04. The fourth-order valence-corrected chi connectivity index (χ4v) is 5.60. The summed E-state index contributed by atoms with van der Waals surface area (Å²) in [6.07, 6.45) is 5.00. The molecule has 0 spiro atoms. The largest absolute Gasteiger partial charge is 0.497 e. The Morgan fingerprint density at radius 3 is 2.62 bits per heavy atom. The molecule has 37 heavy (non-hydrogen) atoms. The van der Waals surface area contributed by atoms with Gasteiger partial charge in [0.15, 0.2) is 0 Å². The maximum absolute atomic E-state index is 12.6. The third-order valence-electron chi connectivity index (χ3n) is 7.84. The number of rotatable bonds is 6. The number of carbonyl (C=O) groups excluding carboxylic acids is 1. The van der Waals surface area contributed by atoms with Gasteiger partial charge in [-0.2, -0.15) is 5.10 Å². The van der Waals surface area contributed by atoms with E-state index in [9.17, 15) is 4.79 Å². The third-order valence-corrected chi connectivity index (χ3v) is 7.84. The van der Waals surface area contributed by atoms with Crippen LogP contribution in [-0.2, 0) is 11.3 Å². The zero-order chi connectivity index (χ0) is 24.9. The van der Waals surface area contributed by atoms with Crippen LogP contribution < -0.4 is 4.74 Å². The number of hydrogen-bond donors (Lipinski definition) is 1. The van der Waals surface area contributed by atoms with Crippen molar-refractivity contribution in [3.05, 3.63) is 66.9 Å². The van der Waals surface area contributed by atoms with E-state index in [2.05, 4.69) is 68.2 Å². The van der Waals surface area contributed by atoms with Crippen LogP contribution in [0.2, 0.25) is 0 Å². The Morgan fingerprint density at radius 2 is 1.81 bits per heavy atom. The summed E-state index contributed by atoms with van der Waals surface area (Å²) in [5.41, 5.74) is 6.44. The van der Waals surface area contributed by atoms with Crippen molar-refractivity contribution in [3.8, 4) is 28.3 Å². The average molecular weight is 492 g/mol. The number of nitrogens with one attached hydrogen (secondary N) is 1. The highest BCUT2D eigenvalue weighted by atomic mass is 16.5. The lowest BCUT2D eigenvalue weighted by Crippen LogP contribution is -2.30. The molecular formula is C30H29N5O2. The summed E-state index contributed by atoms with van der Waals surface area (Å²) in [4.78, 5) is 19.8. The van der Waals surface area contributed by atoms with Gasteiger partial charge in [-0.1, -0.05) is 30.3 Å². The Balaban J connectivity index is 1.22. The molecule has 1 saturated heterocycles. The number of carbonyl (C=O) groups is 1. The quantitative estimate of drug-likeness (QED) is 0.340. The first kappa shape index (κ1) is 22.1. The normalized spacial score (nSPS) is 17.6. The number of methoxy groups -OCH3 is 1. The minimum Gasteiger partial charge on any atom is -0.497 e. The van der Waals surface area contributed by atoms with Crippen molar-refractivity contribution >= 4 is 27.8 Å². The lowest BCUT2D eigenvalue weighted by Gasteiger charge is -2.18. The molecule has 5 aromatic rings. The van der Waals surface area contributed by atoms with E-state index >= 15 is 0 Å². The van der Waals surface area contributed by atoms with Crippen molar-refractivity contribution in [2.45, 2.75) is 25.8 Å². The maximum Gasteiger partial charge on any atom is 0.225 e. The molecule has 1 N–H and O–H groups in total. The van der Waals surface area contributed by atoms with E-state index < -0.39 is 0 Å². The minimum absolute atomic E-state index is 0.281. The molecule has 3 heterocycles. The monoisotopic (exact) mass is 491 g/mol. The van der Waals surface area contributed by atoms with Crippen LogP contribution in [0.3, 0.4) is 0 Å². The molecule has 7 heteroatoms. The number of imidazole rings is 1. The van der Waals surface area contributed by atoms with Gasteiger partial charge < -0.3 is 14.2 Å². The number of amides is 1. The fourth-order valence-electron chi connectivity index (χ4n) is 5.60. The van der Waals surface area contributed by atoms with Crippen LogP contribution in [0.15, 0.2) is 66.9 Å². The second kappa shape index (κ2) is 8.76. The van der Waals surface area contributed by atoms with Gasteiger partial charge in [-0.15, -0.1) is 0 Å². The number of nitrogens with zero attached hydrogens (tertiary/aromatic N) is 4. The number of aromatic amines is 1. The molecule has 1 aliphatic heterocycles. The lowest BCUT2D eigenvalue weighted by atomic mass is 10.0. The highest BCUT2D eigenvalue weighted by Gasteiger charge is 2.36. The Labute approximate surface area is 215 Å². The van der Waals surface area contributed by atoms with Crippen LogP contribution in [0.5, 0.6) is 5.75 Å². The molecule has 3 aromatic carbocycles. The number of ether oxygens (including phenoxy) is 1. The van der Waals surface area contributed by atoms with Crippen molar-refractivity contribution < 1.29 is 9.53 Å². The second-order valence-corrected chi connectivity index (χ2v) is 10.4. The number of likely N-dealkylation sites (tertiary alicyclic amines) is 1. The van der Waals surface area contributed by atoms with Gasteiger partial charge in [0.05, 0.1) is 29.9 Å². The fraction of sp³-hybridized carbons (Fsp3) is 0.300. The lowest BCUT2D eigenvalue weighted by molar-refractivity contribution is -0.131. The van der Waals surface area contributed by atoms with Gasteiger partial charge >= 0.3 is 0 Å². The van der Waals surface area contributed by atoms with E-state index in [-0.39, 0.29) is 5.92 Å². The predicted octanol–water partition coefficient (Wildman–Crippen LogP) is 5.51. The Morgan fingerprint density at radius 1 is 1.00 bits per heavy atom. The van der Waals surface area contributed by atoms with Crippen molar-refractivity contribution in [3.63, 3.8) is 0 Å². The smallest absolute Gasteiger partial charge is 0.225 e. The first-order chi connectivity index (χ1) is 18.2. The molecule has 0 radical (unpaired) electrons. The van der Waals surface area contributed by atoms with Gasteiger partial charge in [-0.05, 0) is 60.6 Å². The zero-order valence-corrected chi connectivity index (χ0v) is 20.9. The van der Waals surface area contributed by atoms with Crippen LogP contribution >= 0.6 is 0 Å². The van der Waals surface area contributed by atoms with E-state index in [1.807, 2.05) is 18.3 Å². The van der Waals surface area contributed by atoms with E-state index in [0.717, 1.165) is 89.1 Å². The van der Waals surface area contributed by atoms with Gasteiger partial charge in [0.2, 0.25) is 5.91 Å². The summed E-state index contributed by atoms with van der Waals surface area (Å²) in [7, 11) is 1.68. The number of aromatic nitrogens is 4. The Bertz CT molecular complexity index is 1610. The van der Waals surface area contributed by atoms with E-state index in [1.165, 1.54) is 0 Å². The van der Waals surface area contributed by atoms with Crippen LogP contribution in [0.4, 0.5) is 0 Å². The summed E-state index contributed by atoms with van der Waals surface area (Å²) in [5, 5.41) is 8.24. The second-order valence-electron chi connectivity index (χ2n) is 10.4. The van der Waals surface area contributed by atoms with Crippen LogP contribution in [-0.4, -0.2) is 50.8 Å². The minimum atomic E-state index is 0.281. The molecule has 2 aliphatic rings. The van der Waals surface area contributed by atoms with Gasteiger partial charge in [-0.25, -0.2) is 4.98 Å². The summed E-state index contributed by atoms with van der Waals surface area (Å²) in [5.74, 6) is 2.81. The maximum atomic E-state index is 12.6. The van der Waals surface area contributed by atoms with E-state index in [1.54, 1.807) is 7.11 Å². The number of fused-ring (bicyclic) bond motifs is 2. The van der Waals surface area contributed by atoms with Crippen molar-refractivity contribution in [2.75, 3.05) is 20.2 Å². The van der Waals surface area contributed by atoms with Gasteiger partial charge in [0.25, 0.3) is 0 Å². The number of hydrogen-bond acceptors (Lipinski definition) is 4. The molecule has 1 amide bonds. The van der Waals surface area contributed by atoms with Crippen molar-refractivity contribution in [2.24, 2.45) is 11.8 Å². The molecule has 7 rings (SSSR count). The van der Waals surface area contributed by atoms with Gasteiger partial charge in [-0.3, -0.25) is 9.89 Å². The van der Waals surface area contributed by atoms with Crippen molar-refractivity contribution in [1.29, 1.82) is 0 Å². The summed E-state index contributed by atoms with van der Waals surface area (Å²) in [6.45, 7) is 2.54. The van der Waals surface area contributed by atoms with E-state index in [4.69, 9.17) is 9.72 Å². The first-order valence-electron chi connectivity index (χ1n) is 13.0. The molecule has 2 fully saturated rings. The summed E-state index contributed by atoms with van der Waals surface area (Å²) in [6, 6.07) is 21.1. The Kier molecular flexibility index (Phi) is 5.23. The SMILES string of the molecule is COc1ccc2c(c1)nc(-c1ccc(-c3ccc4[nH]ncc4c3)cc1)n2CC1CCN(C(=O)C2CC2)C1. The van der Waals surface area contributed by atoms with E-state index in [0.29, 0.717) is 11.8 Å². The average Bonchev–Trinajstić information content (AvgIpc) is 3.33. The van der Waals surface area contributed by atoms with Gasteiger partial charge in [0.1, 0.15) is 11.6 Å². The molecule has 1 atom stereocenters. The molecule has 1 unspecified atom stereocenters. The molecule has 2 aromatic heterocycles. The van der Waals surface area contributed by atoms with Crippen molar-refractivity contribution in [1.82, 2.24) is 24.6 Å². The van der Waals surface area contributed by atoms with Crippen LogP contribution in [0.1, 0.15) is 19.3 Å². The summed E-state index contributed by atoms with van der Waals surface area (Å²) >= 11 is 0. The topological polar surface area (TPSA) is 76.0 Å². The first-order valence-corrected chi connectivity index (χ1v) is 13.0. The molecule has 1 saturated carbocycles. The highest BCUT2D eigenvalue weighted by Crippen LogP contribution is 2.35. The summed E-state index contributed by atoms with van der Waals surface area (Å²) < 4.78 is 7.80. The highest BCUT2D eigenvalue weighted by molar-refractivity contribution is 5.85. The van der Waals surface area contributed by atoms with Crippen LogP contribution in [0.25, 0.3) is 44.5 Å². The number of benzene rings is 3. The Hall–Kier alpha value is -4.13. The number of H-pyrrole nitrogens is 1.